The summed E-state index contributed by atoms with van der Waals surface area (Å²) in [5.74, 6) is 0.423. The monoisotopic (exact) mass is 252 g/mol. The number of nitrogen functional groups attached to an aromatic ring is 1. The van der Waals surface area contributed by atoms with Crippen molar-refractivity contribution in [3.63, 3.8) is 0 Å². The first-order valence-corrected chi connectivity index (χ1v) is 5.23. The van der Waals surface area contributed by atoms with E-state index in [2.05, 4.69) is 5.16 Å². The van der Waals surface area contributed by atoms with E-state index in [4.69, 9.17) is 19.7 Å². The smallest absolute Gasteiger partial charge is 0.172 e. The largest absolute Gasteiger partial charge is 0.496 e. The van der Waals surface area contributed by atoms with Gasteiger partial charge in [-0.2, -0.15) is 0 Å². The van der Waals surface area contributed by atoms with Crippen molar-refractivity contribution in [3.05, 3.63) is 29.6 Å². The number of hydrogen-bond acceptors (Lipinski definition) is 5. The molecule has 6 heteroatoms. The Labute approximate surface area is 103 Å². The first kappa shape index (κ1) is 12.4. The second kappa shape index (κ2) is 5.05. The molecule has 2 aromatic rings. The molecule has 0 amide bonds. The van der Waals surface area contributed by atoms with Crippen LogP contribution in [0, 0.1) is 5.82 Å². The van der Waals surface area contributed by atoms with E-state index < -0.39 is 5.82 Å². The van der Waals surface area contributed by atoms with E-state index in [1.807, 2.05) is 0 Å². The van der Waals surface area contributed by atoms with Crippen molar-refractivity contribution >= 4 is 5.82 Å². The molecule has 0 aliphatic carbocycles. The Bertz CT molecular complexity index is 554. The summed E-state index contributed by atoms with van der Waals surface area (Å²) in [6.07, 6.45) is 0. The second-order valence-corrected chi connectivity index (χ2v) is 3.69. The van der Waals surface area contributed by atoms with Crippen LogP contribution in [0.5, 0.6) is 5.75 Å². The highest BCUT2D eigenvalue weighted by Crippen LogP contribution is 2.31. The van der Waals surface area contributed by atoms with Gasteiger partial charge in [-0.05, 0) is 6.07 Å². The van der Waals surface area contributed by atoms with E-state index in [-0.39, 0.29) is 17.1 Å². The van der Waals surface area contributed by atoms with Crippen LogP contribution in [0.4, 0.5) is 10.2 Å². The molecule has 0 aliphatic rings. The summed E-state index contributed by atoms with van der Waals surface area (Å²) in [5.41, 5.74) is 6.43. The van der Waals surface area contributed by atoms with Crippen LogP contribution in [0.3, 0.4) is 0 Å². The number of halogens is 1. The number of aromatic nitrogens is 1. The van der Waals surface area contributed by atoms with Gasteiger partial charge in [0.25, 0.3) is 0 Å². The number of hydrogen-bond donors (Lipinski definition) is 1. The van der Waals surface area contributed by atoms with Gasteiger partial charge in [-0.15, -0.1) is 0 Å². The predicted molar refractivity (Wildman–Crippen MR) is 63.6 cm³/mol. The molecule has 5 nitrogen and oxygen atoms in total. The Morgan fingerprint density at radius 1 is 1.33 bits per heavy atom. The van der Waals surface area contributed by atoms with Crippen LogP contribution < -0.4 is 10.5 Å². The van der Waals surface area contributed by atoms with Crippen LogP contribution in [0.25, 0.3) is 11.3 Å². The number of benzene rings is 1. The molecule has 2 N–H and O–H groups in total. The SMILES string of the molecule is COCc1cc(-c2cc(N)no2)c(F)cc1OC. The first-order valence-electron chi connectivity index (χ1n) is 5.23. The summed E-state index contributed by atoms with van der Waals surface area (Å²) < 4.78 is 29.0. The van der Waals surface area contributed by atoms with Gasteiger partial charge in [0.05, 0.1) is 19.3 Å². The van der Waals surface area contributed by atoms with E-state index in [0.29, 0.717) is 17.9 Å². The molecule has 0 fully saturated rings. The molecule has 1 aromatic heterocycles. The molecule has 18 heavy (non-hydrogen) atoms. The van der Waals surface area contributed by atoms with Crippen molar-refractivity contribution in [2.75, 3.05) is 20.0 Å². The molecular formula is C12H13FN2O3. The fourth-order valence-corrected chi connectivity index (χ4v) is 1.66. The highest BCUT2D eigenvalue weighted by Gasteiger charge is 2.15. The molecule has 0 unspecified atom stereocenters. The molecule has 1 aromatic carbocycles. The number of nitrogens with zero attached hydrogens (tertiary/aromatic N) is 1. The molecule has 1 heterocycles. The van der Waals surface area contributed by atoms with Gasteiger partial charge < -0.3 is 19.7 Å². The van der Waals surface area contributed by atoms with Crippen LogP contribution in [0.15, 0.2) is 22.7 Å². The zero-order chi connectivity index (χ0) is 13.1. The van der Waals surface area contributed by atoms with Gasteiger partial charge in [0.1, 0.15) is 11.6 Å². The normalized spacial score (nSPS) is 10.6. The zero-order valence-corrected chi connectivity index (χ0v) is 10.1. The summed E-state index contributed by atoms with van der Waals surface area (Å²) in [7, 11) is 3.02. The van der Waals surface area contributed by atoms with Crippen molar-refractivity contribution in [2.45, 2.75) is 6.61 Å². The maximum Gasteiger partial charge on any atom is 0.172 e. The summed E-state index contributed by atoms with van der Waals surface area (Å²) in [6.45, 7) is 0.306. The van der Waals surface area contributed by atoms with Crippen molar-refractivity contribution < 1.29 is 18.4 Å². The van der Waals surface area contributed by atoms with E-state index in [9.17, 15) is 4.39 Å². The van der Waals surface area contributed by atoms with Gasteiger partial charge in [-0.1, -0.05) is 5.16 Å². The molecule has 0 bridgehead atoms. The standard InChI is InChI=1S/C12H13FN2O3/c1-16-6-7-3-8(9(13)4-10(7)17-2)11-5-12(14)15-18-11/h3-5H,6H2,1-2H3,(H2,14,15). The maximum atomic E-state index is 13.9. The van der Waals surface area contributed by atoms with E-state index in [0.717, 1.165) is 0 Å². The topological polar surface area (TPSA) is 70.5 Å². The number of rotatable bonds is 4. The lowest BCUT2D eigenvalue weighted by Gasteiger charge is -2.10. The van der Waals surface area contributed by atoms with Gasteiger partial charge in [0, 0.05) is 24.8 Å². The Kier molecular flexibility index (Phi) is 3.47. The summed E-state index contributed by atoms with van der Waals surface area (Å²) in [4.78, 5) is 0. The highest BCUT2D eigenvalue weighted by atomic mass is 19.1. The summed E-state index contributed by atoms with van der Waals surface area (Å²) >= 11 is 0. The Morgan fingerprint density at radius 2 is 2.11 bits per heavy atom. The number of nitrogens with two attached hydrogens (primary N) is 1. The average molecular weight is 252 g/mol. The number of ether oxygens (including phenoxy) is 2. The predicted octanol–water partition coefficient (Wildman–Crippen LogP) is 2.22. The lowest BCUT2D eigenvalue weighted by molar-refractivity contribution is 0.181. The summed E-state index contributed by atoms with van der Waals surface area (Å²) in [6, 6.07) is 4.33. The zero-order valence-electron chi connectivity index (χ0n) is 10.1. The lowest BCUT2D eigenvalue weighted by atomic mass is 10.1. The van der Waals surface area contributed by atoms with Crippen LogP contribution >= 0.6 is 0 Å². The van der Waals surface area contributed by atoms with Gasteiger partial charge >= 0.3 is 0 Å². The molecule has 0 radical (unpaired) electrons. The maximum absolute atomic E-state index is 13.9. The van der Waals surface area contributed by atoms with Crippen molar-refractivity contribution in [3.8, 4) is 17.1 Å². The third-order valence-corrected chi connectivity index (χ3v) is 2.46. The van der Waals surface area contributed by atoms with Gasteiger partial charge in [-0.25, -0.2) is 4.39 Å². The molecule has 0 saturated heterocycles. The second-order valence-electron chi connectivity index (χ2n) is 3.69. The third kappa shape index (κ3) is 2.28. The molecule has 0 spiro atoms. The van der Waals surface area contributed by atoms with Gasteiger partial charge in [-0.3, -0.25) is 0 Å². The van der Waals surface area contributed by atoms with Crippen molar-refractivity contribution in [1.82, 2.24) is 5.16 Å². The molecule has 0 atom stereocenters. The van der Waals surface area contributed by atoms with E-state index in [1.165, 1.54) is 19.2 Å². The van der Waals surface area contributed by atoms with E-state index >= 15 is 0 Å². The van der Waals surface area contributed by atoms with E-state index in [1.54, 1.807) is 13.2 Å². The Hall–Kier alpha value is -2.08. The number of anilines is 1. The van der Waals surface area contributed by atoms with Crippen LogP contribution in [-0.2, 0) is 11.3 Å². The quantitative estimate of drug-likeness (QED) is 0.903. The summed E-state index contributed by atoms with van der Waals surface area (Å²) in [5, 5.41) is 3.53. The van der Waals surface area contributed by atoms with Crippen LogP contribution in [0.1, 0.15) is 5.56 Å². The highest BCUT2D eigenvalue weighted by molar-refractivity contribution is 5.63. The Balaban J connectivity index is 2.50. The minimum absolute atomic E-state index is 0.202. The molecule has 2 rings (SSSR count). The fourth-order valence-electron chi connectivity index (χ4n) is 1.66. The molecule has 96 valence electrons. The third-order valence-electron chi connectivity index (χ3n) is 2.46. The van der Waals surface area contributed by atoms with Crippen molar-refractivity contribution in [2.24, 2.45) is 0 Å². The van der Waals surface area contributed by atoms with Gasteiger partial charge in [0.2, 0.25) is 0 Å². The average Bonchev–Trinajstić information content (AvgIpc) is 2.77. The van der Waals surface area contributed by atoms with Crippen LogP contribution in [0.2, 0.25) is 0 Å². The molecule has 0 aliphatic heterocycles. The number of methoxy groups -OCH3 is 2. The fraction of sp³-hybridized carbons (Fsp3) is 0.250. The first-order chi connectivity index (χ1) is 8.65. The Morgan fingerprint density at radius 3 is 2.67 bits per heavy atom. The lowest BCUT2D eigenvalue weighted by Crippen LogP contribution is -1.97. The van der Waals surface area contributed by atoms with Gasteiger partial charge in [0.15, 0.2) is 11.6 Å². The van der Waals surface area contributed by atoms with Crippen LogP contribution in [-0.4, -0.2) is 19.4 Å². The van der Waals surface area contributed by atoms with Crippen molar-refractivity contribution in [1.29, 1.82) is 0 Å². The minimum atomic E-state index is -0.470. The minimum Gasteiger partial charge on any atom is -0.496 e. The molecular weight excluding hydrogens is 239 g/mol. The molecule has 0 saturated carbocycles.